The predicted molar refractivity (Wildman–Crippen MR) is 98.6 cm³/mol. The first-order valence-electron chi connectivity index (χ1n) is 8.93. The summed E-state index contributed by atoms with van der Waals surface area (Å²) >= 11 is 0. The van der Waals surface area contributed by atoms with Gasteiger partial charge in [0.25, 0.3) is 0 Å². The van der Waals surface area contributed by atoms with E-state index in [1.807, 2.05) is 42.5 Å². The van der Waals surface area contributed by atoms with Gasteiger partial charge >= 0.3 is 0 Å². The standard InChI is InChI=1S/C19H26N2O3S/c22-25(23,16-17-9-4-3-5-10-17)20-15-18(19-11-8-14-24-19)21-12-6-1-2-7-13-21/h3-5,8-11,14,18,20H,1-2,6-7,12-13,15-16H2. The molecule has 0 spiro atoms. The molecular formula is C19H26N2O3S. The Morgan fingerprint density at radius 1 is 1.00 bits per heavy atom. The van der Waals surface area contributed by atoms with Crippen LogP contribution in [0.25, 0.3) is 0 Å². The number of sulfonamides is 1. The number of hydrogen-bond acceptors (Lipinski definition) is 4. The fourth-order valence-electron chi connectivity index (χ4n) is 3.35. The molecule has 6 heteroatoms. The Labute approximate surface area is 150 Å². The van der Waals surface area contributed by atoms with Gasteiger partial charge < -0.3 is 4.42 Å². The molecule has 0 bridgehead atoms. The van der Waals surface area contributed by atoms with Gasteiger partial charge in [-0.1, -0.05) is 43.2 Å². The van der Waals surface area contributed by atoms with E-state index in [0.29, 0.717) is 6.54 Å². The zero-order valence-corrected chi connectivity index (χ0v) is 15.2. The minimum Gasteiger partial charge on any atom is -0.468 e. The van der Waals surface area contributed by atoms with E-state index in [1.54, 1.807) is 6.26 Å². The number of rotatable bonds is 7. The van der Waals surface area contributed by atoms with Gasteiger partial charge in [-0.3, -0.25) is 4.90 Å². The molecule has 5 nitrogen and oxygen atoms in total. The molecule has 0 aliphatic carbocycles. The topological polar surface area (TPSA) is 62.6 Å². The Bertz CT molecular complexity index is 721. The smallest absolute Gasteiger partial charge is 0.215 e. The van der Waals surface area contributed by atoms with Gasteiger partial charge in [-0.25, -0.2) is 13.1 Å². The van der Waals surface area contributed by atoms with Gasteiger partial charge in [-0.05, 0) is 43.6 Å². The zero-order valence-electron chi connectivity index (χ0n) is 14.4. The van der Waals surface area contributed by atoms with E-state index in [2.05, 4.69) is 9.62 Å². The van der Waals surface area contributed by atoms with E-state index < -0.39 is 10.0 Å². The lowest BCUT2D eigenvalue weighted by atomic mass is 10.2. The van der Waals surface area contributed by atoms with Crippen molar-refractivity contribution in [3.63, 3.8) is 0 Å². The summed E-state index contributed by atoms with van der Waals surface area (Å²) in [4.78, 5) is 2.34. The lowest BCUT2D eigenvalue weighted by molar-refractivity contribution is 0.182. The first-order chi connectivity index (χ1) is 12.1. The lowest BCUT2D eigenvalue weighted by Crippen LogP contribution is -2.38. The second kappa shape index (κ2) is 8.65. The molecule has 0 saturated carbocycles. The van der Waals surface area contributed by atoms with Crippen LogP contribution in [0.1, 0.15) is 43.0 Å². The van der Waals surface area contributed by atoms with Gasteiger partial charge in [0, 0.05) is 6.54 Å². The first kappa shape index (κ1) is 18.2. The third-order valence-corrected chi connectivity index (χ3v) is 5.97. The van der Waals surface area contributed by atoms with Crippen LogP contribution in [0.3, 0.4) is 0 Å². The molecule has 1 aliphatic rings. The van der Waals surface area contributed by atoms with E-state index in [9.17, 15) is 8.42 Å². The Morgan fingerprint density at radius 3 is 2.36 bits per heavy atom. The van der Waals surface area contributed by atoms with Gasteiger partial charge in [0.1, 0.15) is 5.76 Å². The quantitative estimate of drug-likeness (QED) is 0.821. The van der Waals surface area contributed by atoms with Crippen molar-refractivity contribution < 1.29 is 12.8 Å². The fraction of sp³-hybridized carbons (Fsp3) is 0.474. The molecule has 1 N–H and O–H groups in total. The van der Waals surface area contributed by atoms with Gasteiger partial charge in [0.05, 0.1) is 18.1 Å². The van der Waals surface area contributed by atoms with Crippen molar-refractivity contribution in [3.8, 4) is 0 Å². The highest BCUT2D eigenvalue weighted by Gasteiger charge is 2.25. The van der Waals surface area contributed by atoms with Crippen LogP contribution < -0.4 is 4.72 Å². The van der Waals surface area contributed by atoms with E-state index in [0.717, 1.165) is 37.3 Å². The van der Waals surface area contributed by atoms with Gasteiger partial charge in [0.15, 0.2) is 0 Å². The maximum Gasteiger partial charge on any atom is 0.215 e. The Kier molecular flexibility index (Phi) is 6.29. The number of likely N-dealkylation sites (tertiary alicyclic amines) is 1. The summed E-state index contributed by atoms with van der Waals surface area (Å²) in [7, 11) is -3.39. The van der Waals surface area contributed by atoms with Crippen LogP contribution in [0, 0.1) is 0 Å². The van der Waals surface area contributed by atoms with Gasteiger partial charge in [0.2, 0.25) is 10.0 Å². The number of hydrogen-bond donors (Lipinski definition) is 1. The summed E-state index contributed by atoms with van der Waals surface area (Å²) in [5, 5.41) is 0. The van der Waals surface area contributed by atoms with Crippen LogP contribution in [0.4, 0.5) is 0 Å². The highest BCUT2D eigenvalue weighted by atomic mass is 32.2. The number of furan rings is 1. The molecule has 2 heterocycles. The summed E-state index contributed by atoms with van der Waals surface area (Å²) in [6.07, 6.45) is 6.42. The molecule has 1 unspecified atom stereocenters. The van der Waals surface area contributed by atoms with Crippen LogP contribution >= 0.6 is 0 Å². The third-order valence-electron chi connectivity index (χ3n) is 4.65. The molecule has 1 aromatic carbocycles. The monoisotopic (exact) mass is 362 g/mol. The zero-order chi connectivity index (χ0) is 17.5. The second-order valence-electron chi connectivity index (χ2n) is 6.57. The number of benzene rings is 1. The highest BCUT2D eigenvalue weighted by molar-refractivity contribution is 7.88. The number of nitrogens with zero attached hydrogens (tertiary/aromatic N) is 1. The first-order valence-corrected chi connectivity index (χ1v) is 10.6. The minimum absolute atomic E-state index is 0.00128. The molecule has 1 aromatic heterocycles. The second-order valence-corrected chi connectivity index (χ2v) is 8.38. The van der Waals surface area contributed by atoms with Crippen molar-refractivity contribution in [1.29, 1.82) is 0 Å². The summed E-state index contributed by atoms with van der Waals surface area (Å²) in [6, 6.07) is 13.0. The van der Waals surface area contributed by atoms with Crippen molar-refractivity contribution in [3.05, 3.63) is 60.1 Å². The third kappa shape index (κ3) is 5.42. The largest absolute Gasteiger partial charge is 0.468 e. The van der Waals surface area contributed by atoms with Crippen molar-refractivity contribution in [2.75, 3.05) is 19.6 Å². The van der Waals surface area contributed by atoms with Gasteiger partial charge in [-0.2, -0.15) is 0 Å². The molecule has 1 saturated heterocycles. The molecule has 1 atom stereocenters. The summed E-state index contributed by atoms with van der Waals surface area (Å²) in [6.45, 7) is 2.29. The van der Waals surface area contributed by atoms with E-state index in [4.69, 9.17) is 4.42 Å². The highest BCUT2D eigenvalue weighted by Crippen LogP contribution is 2.24. The lowest BCUT2D eigenvalue weighted by Gasteiger charge is -2.29. The molecule has 1 aliphatic heterocycles. The van der Waals surface area contributed by atoms with Crippen molar-refractivity contribution in [2.24, 2.45) is 0 Å². The average Bonchev–Trinajstić information content (AvgIpc) is 2.98. The van der Waals surface area contributed by atoms with Crippen LogP contribution in [-0.2, 0) is 15.8 Å². The molecule has 3 rings (SSSR count). The average molecular weight is 362 g/mol. The van der Waals surface area contributed by atoms with Crippen LogP contribution in [-0.4, -0.2) is 33.0 Å². The normalized spacial score (nSPS) is 17.9. The van der Waals surface area contributed by atoms with Crippen LogP contribution in [0.5, 0.6) is 0 Å². The SMILES string of the molecule is O=S(=O)(Cc1ccccc1)NCC(c1ccco1)N1CCCCCC1. The Hall–Kier alpha value is -1.63. The van der Waals surface area contributed by atoms with E-state index in [1.165, 1.54) is 12.8 Å². The maximum absolute atomic E-state index is 12.5. The molecular weight excluding hydrogens is 336 g/mol. The van der Waals surface area contributed by atoms with Crippen LogP contribution in [0.15, 0.2) is 53.1 Å². The summed E-state index contributed by atoms with van der Waals surface area (Å²) in [5.41, 5.74) is 0.791. The summed E-state index contributed by atoms with van der Waals surface area (Å²) < 4.78 is 33.3. The minimum atomic E-state index is -3.39. The van der Waals surface area contributed by atoms with E-state index >= 15 is 0 Å². The summed E-state index contributed by atoms with van der Waals surface area (Å²) in [5.74, 6) is 0.822. The van der Waals surface area contributed by atoms with Crippen molar-refractivity contribution in [1.82, 2.24) is 9.62 Å². The fourth-order valence-corrected chi connectivity index (χ4v) is 4.49. The molecule has 2 aromatic rings. The van der Waals surface area contributed by atoms with Crippen LogP contribution in [0.2, 0.25) is 0 Å². The van der Waals surface area contributed by atoms with Crippen molar-refractivity contribution in [2.45, 2.75) is 37.5 Å². The molecule has 0 radical (unpaired) electrons. The molecule has 1 fully saturated rings. The maximum atomic E-state index is 12.5. The van der Waals surface area contributed by atoms with E-state index in [-0.39, 0.29) is 11.8 Å². The Balaban J connectivity index is 1.67. The Morgan fingerprint density at radius 2 is 1.72 bits per heavy atom. The molecule has 0 amide bonds. The predicted octanol–water partition coefficient (Wildman–Crippen LogP) is 3.32. The molecule has 25 heavy (non-hydrogen) atoms. The molecule has 136 valence electrons. The van der Waals surface area contributed by atoms with Gasteiger partial charge in [-0.15, -0.1) is 0 Å². The van der Waals surface area contributed by atoms with Crippen molar-refractivity contribution >= 4 is 10.0 Å². The number of nitrogens with one attached hydrogen (secondary N) is 1.